The Labute approximate surface area is 144 Å². The van der Waals surface area contributed by atoms with E-state index in [9.17, 15) is 18.3 Å². The Morgan fingerprint density at radius 3 is 2.72 bits per heavy atom. The molecule has 25 heavy (non-hydrogen) atoms. The van der Waals surface area contributed by atoms with Gasteiger partial charge in [-0.15, -0.1) is 0 Å². The molecule has 1 aromatic carbocycles. The number of Topliss-reactive ketones (excluding diaryl/α,β-unsaturated/α-hetero) is 1. The second kappa shape index (κ2) is 6.32. The van der Waals surface area contributed by atoms with Crippen LogP contribution in [0.5, 0.6) is 5.88 Å². The first kappa shape index (κ1) is 17.2. The molecule has 0 bridgehead atoms. The Morgan fingerprint density at radius 1 is 1.40 bits per heavy atom. The van der Waals surface area contributed by atoms with Gasteiger partial charge < -0.3 is 9.94 Å². The van der Waals surface area contributed by atoms with Gasteiger partial charge in [-0.3, -0.25) is 4.79 Å². The Hall–Kier alpha value is -2.68. The van der Waals surface area contributed by atoms with Gasteiger partial charge in [0.1, 0.15) is 6.61 Å². The number of nitrogens with one attached hydrogen (secondary N) is 1. The summed E-state index contributed by atoms with van der Waals surface area (Å²) >= 11 is 0. The quantitative estimate of drug-likeness (QED) is 0.774. The highest BCUT2D eigenvalue weighted by molar-refractivity contribution is 7.90. The van der Waals surface area contributed by atoms with Crippen molar-refractivity contribution in [2.24, 2.45) is 5.16 Å². The second-order valence-electron chi connectivity index (χ2n) is 5.85. The van der Waals surface area contributed by atoms with E-state index in [0.29, 0.717) is 41.0 Å². The predicted octanol–water partition coefficient (Wildman–Crippen LogP) is 1.38. The van der Waals surface area contributed by atoms with Crippen molar-refractivity contribution >= 4 is 21.3 Å². The first-order chi connectivity index (χ1) is 11.8. The number of aromatic hydroxyl groups is 1. The van der Waals surface area contributed by atoms with Crippen molar-refractivity contribution in [1.29, 1.82) is 0 Å². The highest BCUT2D eigenvalue weighted by atomic mass is 32.2. The van der Waals surface area contributed by atoms with Crippen LogP contribution in [-0.2, 0) is 21.1 Å². The molecule has 1 aliphatic heterocycles. The second-order valence-corrected chi connectivity index (χ2v) is 7.83. The molecule has 1 aliphatic rings. The number of benzene rings is 1. The van der Waals surface area contributed by atoms with Gasteiger partial charge >= 0.3 is 0 Å². The predicted molar refractivity (Wildman–Crippen MR) is 89.7 cm³/mol. The van der Waals surface area contributed by atoms with E-state index in [2.05, 4.69) is 15.4 Å². The van der Waals surface area contributed by atoms with Crippen LogP contribution in [0, 0.1) is 6.92 Å². The summed E-state index contributed by atoms with van der Waals surface area (Å²) in [6, 6.07) is 2.91. The van der Waals surface area contributed by atoms with E-state index >= 15 is 0 Å². The molecule has 0 radical (unpaired) electrons. The fourth-order valence-electron chi connectivity index (χ4n) is 2.84. The van der Waals surface area contributed by atoms with E-state index < -0.39 is 9.84 Å². The third-order valence-electron chi connectivity index (χ3n) is 4.07. The number of hydrogen-bond donors (Lipinski definition) is 2. The maximum Gasteiger partial charge on any atom is 0.210 e. The van der Waals surface area contributed by atoms with Gasteiger partial charge in [-0.05, 0) is 24.6 Å². The number of aromatic nitrogens is 2. The molecule has 2 N–H and O–H groups in total. The summed E-state index contributed by atoms with van der Waals surface area (Å²) in [6.07, 6.45) is 2.92. The number of sulfone groups is 1. The lowest BCUT2D eigenvalue weighted by Gasteiger charge is -2.14. The summed E-state index contributed by atoms with van der Waals surface area (Å²) in [5.41, 5.74) is 2.21. The monoisotopic (exact) mass is 363 g/mol. The zero-order valence-corrected chi connectivity index (χ0v) is 14.6. The van der Waals surface area contributed by atoms with Crippen molar-refractivity contribution in [2.45, 2.75) is 24.7 Å². The Morgan fingerprint density at radius 2 is 2.16 bits per heavy atom. The lowest BCUT2D eigenvalue weighted by Crippen LogP contribution is -2.14. The van der Waals surface area contributed by atoms with Crippen LogP contribution in [-0.4, -0.2) is 48.1 Å². The van der Waals surface area contributed by atoms with Gasteiger partial charge in [0, 0.05) is 35.8 Å². The highest BCUT2D eigenvalue weighted by Crippen LogP contribution is 2.28. The summed E-state index contributed by atoms with van der Waals surface area (Å²) in [7, 11) is -3.50. The molecule has 8 nitrogen and oxygen atoms in total. The largest absolute Gasteiger partial charge is 0.493 e. The third kappa shape index (κ3) is 3.27. The molecule has 1 aromatic heterocycles. The minimum Gasteiger partial charge on any atom is -0.493 e. The average Bonchev–Trinajstić information content (AvgIpc) is 3.18. The molecule has 9 heteroatoms. The molecule has 0 atom stereocenters. The summed E-state index contributed by atoms with van der Waals surface area (Å²) in [4.78, 5) is 17.8. The van der Waals surface area contributed by atoms with E-state index in [1.807, 2.05) is 0 Å². The van der Waals surface area contributed by atoms with Crippen LogP contribution in [0.25, 0.3) is 0 Å². The molecule has 0 aliphatic carbocycles. The van der Waals surface area contributed by atoms with Crippen molar-refractivity contribution in [3.8, 4) is 5.88 Å². The third-order valence-corrected chi connectivity index (χ3v) is 5.21. The molecule has 0 spiro atoms. The summed E-state index contributed by atoms with van der Waals surface area (Å²) in [5.74, 6) is -0.414. The average molecular weight is 363 g/mol. The van der Waals surface area contributed by atoms with E-state index in [1.54, 1.807) is 6.92 Å². The smallest absolute Gasteiger partial charge is 0.210 e. The highest BCUT2D eigenvalue weighted by Gasteiger charge is 2.26. The van der Waals surface area contributed by atoms with Crippen LogP contribution in [0.4, 0.5) is 0 Å². The maximum atomic E-state index is 12.6. The molecule has 0 saturated carbocycles. The van der Waals surface area contributed by atoms with Crippen molar-refractivity contribution in [1.82, 2.24) is 10.2 Å². The first-order valence-corrected chi connectivity index (χ1v) is 9.45. The van der Waals surface area contributed by atoms with Gasteiger partial charge in [-0.25, -0.2) is 13.5 Å². The van der Waals surface area contributed by atoms with Crippen molar-refractivity contribution < 1.29 is 23.2 Å². The minimum atomic E-state index is -3.50. The molecule has 0 unspecified atom stereocenters. The molecule has 0 amide bonds. The molecule has 132 valence electrons. The first-order valence-electron chi connectivity index (χ1n) is 7.56. The SMILES string of the molecule is Cc1c(C(=O)Cc2cn[nH]c2O)ccc(S(C)(=O)=O)c1C1=NOCC1. The molecule has 2 aromatic rings. The fraction of sp³-hybridized carbons (Fsp3) is 0.312. The molecular weight excluding hydrogens is 346 g/mol. The Kier molecular flexibility index (Phi) is 4.34. The molecule has 0 fully saturated rings. The van der Waals surface area contributed by atoms with Crippen molar-refractivity contribution in [3.63, 3.8) is 0 Å². The van der Waals surface area contributed by atoms with Gasteiger partial charge in [0.25, 0.3) is 0 Å². The van der Waals surface area contributed by atoms with E-state index in [0.717, 1.165) is 6.26 Å². The number of aromatic amines is 1. The number of oxime groups is 1. The normalized spacial score (nSPS) is 14.2. The number of nitrogens with zero attached hydrogens (tertiary/aromatic N) is 2. The number of H-pyrrole nitrogens is 1. The number of rotatable bonds is 5. The van der Waals surface area contributed by atoms with Crippen LogP contribution in [0.2, 0.25) is 0 Å². The van der Waals surface area contributed by atoms with Crippen LogP contribution < -0.4 is 0 Å². The zero-order valence-electron chi connectivity index (χ0n) is 13.7. The zero-order chi connectivity index (χ0) is 18.2. The standard InChI is InChI=1S/C16H17N3O5S/c1-9-11(13(20)7-10-8-17-18-16(10)21)3-4-14(25(2,22)23)15(9)12-5-6-24-19-12/h3-4,8H,5-7H2,1-2H3,(H2,17,18,21). The van der Waals surface area contributed by atoms with Crippen LogP contribution >= 0.6 is 0 Å². The lowest BCUT2D eigenvalue weighted by molar-refractivity contribution is 0.0991. The maximum absolute atomic E-state index is 12.6. The lowest BCUT2D eigenvalue weighted by atomic mass is 9.93. The summed E-state index contributed by atoms with van der Waals surface area (Å²) in [5, 5.41) is 19.6. The van der Waals surface area contributed by atoms with Crippen molar-refractivity contribution in [3.05, 3.63) is 40.6 Å². The minimum absolute atomic E-state index is 0.0518. The van der Waals surface area contributed by atoms with Crippen molar-refractivity contribution in [2.75, 3.05) is 12.9 Å². The number of ketones is 1. The number of carbonyl (C=O) groups is 1. The van der Waals surface area contributed by atoms with Gasteiger partial charge in [-0.2, -0.15) is 5.10 Å². The van der Waals surface area contributed by atoms with Gasteiger partial charge in [0.2, 0.25) is 5.88 Å². The van der Waals surface area contributed by atoms with Gasteiger partial charge in [0.15, 0.2) is 15.6 Å². The van der Waals surface area contributed by atoms with Crippen LogP contribution in [0.3, 0.4) is 0 Å². The van der Waals surface area contributed by atoms with Crippen LogP contribution in [0.15, 0.2) is 28.4 Å². The van der Waals surface area contributed by atoms with Gasteiger partial charge in [0.05, 0.1) is 16.8 Å². The van der Waals surface area contributed by atoms with E-state index in [-0.39, 0.29) is 23.0 Å². The number of hydrogen-bond acceptors (Lipinski definition) is 7. The summed E-state index contributed by atoms with van der Waals surface area (Å²) in [6.45, 7) is 2.06. The molecule has 3 rings (SSSR count). The van der Waals surface area contributed by atoms with Gasteiger partial charge in [-0.1, -0.05) is 5.16 Å². The summed E-state index contributed by atoms with van der Waals surface area (Å²) < 4.78 is 24.2. The van der Waals surface area contributed by atoms with E-state index in [4.69, 9.17) is 4.84 Å². The fourth-order valence-corrected chi connectivity index (χ4v) is 3.80. The Bertz CT molecular complexity index is 976. The van der Waals surface area contributed by atoms with E-state index in [1.165, 1.54) is 18.3 Å². The number of carbonyl (C=O) groups excluding carboxylic acids is 1. The molecule has 2 heterocycles. The van der Waals surface area contributed by atoms with Crippen LogP contribution in [0.1, 0.15) is 33.5 Å². The topological polar surface area (TPSA) is 122 Å². The molecular formula is C16H17N3O5S. The Balaban J connectivity index is 2.08. The molecule has 0 saturated heterocycles.